The van der Waals surface area contributed by atoms with E-state index in [1.165, 1.54) is 6.92 Å². The Kier molecular flexibility index (Phi) is 21.6. The molecule has 0 radical (unpaired) electrons. The number of ether oxygens (including phenoxy) is 2. The normalized spacial score (nSPS) is 11.6. The monoisotopic (exact) mass is 532 g/mol. The largest absolute Gasteiger partial charge is 0.478 e. The second-order valence-corrected chi connectivity index (χ2v) is 6.67. The lowest BCUT2D eigenvalue weighted by molar-refractivity contribution is -0.256. The molecule has 7 nitrogen and oxygen atoms in total. The van der Waals surface area contributed by atoms with Gasteiger partial charge in [0.1, 0.15) is 0 Å². The summed E-state index contributed by atoms with van der Waals surface area (Å²) in [5.74, 6) is -3.28. The molecule has 0 aliphatic carbocycles. The average molecular weight is 533 g/mol. The number of aliphatic carboxylic acids is 2. The summed E-state index contributed by atoms with van der Waals surface area (Å²) in [4.78, 5) is 30.3. The van der Waals surface area contributed by atoms with Gasteiger partial charge in [-0.25, -0.2) is 14.4 Å². The van der Waals surface area contributed by atoms with E-state index in [1.54, 1.807) is 6.08 Å². The highest BCUT2D eigenvalue weighted by molar-refractivity contribution is 5.87. The van der Waals surface area contributed by atoms with E-state index in [0.717, 1.165) is 25.7 Å². The zero-order chi connectivity index (χ0) is 29.6. The summed E-state index contributed by atoms with van der Waals surface area (Å²) in [6.45, 7) is 20.1. The first kappa shape index (κ1) is 37.6. The van der Waals surface area contributed by atoms with Crippen LogP contribution >= 0.6 is 0 Å². The number of benzene rings is 1. The predicted octanol–water partition coefficient (Wildman–Crippen LogP) is 6.16. The molecule has 37 heavy (non-hydrogen) atoms. The van der Waals surface area contributed by atoms with Crippen molar-refractivity contribution in [1.29, 1.82) is 0 Å². The molecule has 1 heterocycles. The fourth-order valence-electron chi connectivity index (χ4n) is 1.25. The fourth-order valence-corrected chi connectivity index (χ4v) is 1.25. The van der Waals surface area contributed by atoms with E-state index in [2.05, 4.69) is 42.4 Å². The van der Waals surface area contributed by atoms with Gasteiger partial charge in [-0.3, -0.25) is 0 Å². The summed E-state index contributed by atoms with van der Waals surface area (Å²) in [6, 6.07) is 9.73. The van der Waals surface area contributed by atoms with Gasteiger partial charge >= 0.3 is 30.4 Å². The molecule has 0 saturated carbocycles. The van der Waals surface area contributed by atoms with Crippen molar-refractivity contribution in [3.8, 4) is 0 Å². The number of halogens is 4. The van der Waals surface area contributed by atoms with Gasteiger partial charge in [0, 0.05) is 16.7 Å². The number of epoxide rings is 1. The van der Waals surface area contributed by atoms with Crippen LogP contribution in [0.4, 0.5) is 17.6 Å². The molecule has 1 aromatic carbocycles. The minimum atomic E-state index is -5.18. The Hall–Kier alpha value is -3.99. The third-order valence-electron chi connectivity index (χ3n) is 3.16. The first-order valence-corrected chi connectivity index (χ1v) is 10.3. The van der Waals surface area contributed by atoms with Gasteiger partial charge in [-0.05, 0) is 25.8 Å². The van der Waals surface area contributed by atoms with Gasteiger partial charge in [0.15, 0.2) is 0 Å². The van der Waals surface area contributed by atoms with E-state index in [0.29, 0.717) is 6.42 Å². The van der Waals surface area contributed by atoms with Crippen molar-refractivity contribution in [2.24, 2.45) is 0 Å². The van der Waals surface area contributed by atoms with Crippen molar-refractivity contribution in [2.45, 2.75) is 32.8 Å². The Morgan fingerprint density at radius 2 is 1.43 bits per heavy atom. The number of carbonyl (C=O) groups excluding carboxylic acids is 1. The maximum absolute atomic E-state index is 11.9. The molecule has 1 atom stereocenters. The number of allylic oxidation sites excluding steroid dienone is 1. The van der Waals surface area contributed by atoms with Crippen molar-refractivity contribution in [3.63, 3.8) is 0 Å². The zero-order valence-corrected chi connectivity index (χ0v) is 20.7. The Morgan fingerprint density at radius 3 is 1.73 bits per heavy atom. The summed E-state index contributed by atoms with van der Waals surface area (Å²) in [6.07, 6.45) is -4.70. The molecule has 11 heteroatoms. The number of esters is 1. The number of carbonyl (C=O) groups is 3. The molecule has 0 amide bonds. The smallest absolute Gasteiger partial charge is 0.457 e. The molecule has 2 N–H and O–H groups in total. The lowest BCUT2D eigenvalue weighted by atomic mass is 10.1. The maximum Gasteiger partial charge on any atom is 0.457 e. The first-order chi connectivity index (χ1) is 17.1. The topological polar surface area (TPSA) is 113 Å². The molecular formula is C26H32F4O7. The SMILES string of the molecule is C1CO1.C=C.C=C(C)C(=O)O.C=C(C)C(=O)OC(F)C(F)(F)F.C=C(CC=Cc1ccccc1)C(=O)O. The van der Waals surface area contributed by atoms with Gasteiger partial charge in [0.2, 0.25) is 0 Å². The van der Waals surface area contributed by atoms with E-state index in [4.69, 9.17) is 10.2 Å². The Morgan fingerprint density at radius 1 is 1.00 bits per heavy atom. The van der Waals surface area contributed by atoms with Crippen LogP contribution < -0.4 is 0 Å². The molecule has 206 valence electrons. The van der Waals surface area contributed by atoms with Crippen LogP contribution in [-0.4, -0.2) is 53.9 Å². The molecular weight excluding hydrogens is 500 g/mol. The summed E-state index contributed by atoms with van der Waals surface area (Å²) in [5, 5.41) is 16.4. The number of carboxylic acid groups (broad SMARTS) is 2. The third kappa shape index (κ3) is 26.5. The van der Waals surface area contributed by atoms with Crippen molar-refractivity contribution < 1.29 is 51.6 Å². The highest BCUT2D eigenvalue weighted by atomic mass is 19.4. The van der Waals surface area contributed by atoms with Crippen LogP contribution in [0.2, 0.25) is 0 Å². The Labute approximate surface area is 213 Å². The minimum absolute atomic E-state index is 0.176. The Balaban J connectivity index is -0.000000451. The number of hydrogen-bond donors (Lipinski definition) is 2. The first-order valence-electron chi connectivity index (χ1n) is 10.3. The molecule has 1 saturated heterocycles. The van der Waals surface area contributed by atoms with Crippen LogP contribution in [0, 0.1) is 0 Å². The quantitative estimate of drug-likeness (QED) is 0.142. The molecule has 0 spiro atoms. The number of rotatable bonds is 7. The Bertz CT molecular complexity index is 890. The van der Waals surface area contributed by atoms with Crippen LogP contribution in [0.25, 0.3) is 6.08 Å². The zero-order valence-electron chi connectivity index (χ0n) is 20.7. The van der Waals surface area contributed by atoms with Gasteiger partial charge in [-0.2, -0.15) is 17.6 Å². The minimum Gasteiger partial charge on any atom is -0.478 e. The summed E-state index contributed by atoms with van der Waals surface area (Å²) >= 11 is 0. The van der Waals surface area contributed by atoms with Crippen LogP contribution in [0.15, 0.2) is 86.0 Å². The molecule has 1 aromatic rings. The van der Waals surface area contributed by atoms with Crippen LogP contribution in [0.3, 0.4) is 0 Å². The van der Waals surface area contributed by atoms with Crippen LogP contribution in [0.5, 0.6) is 0 Å². The summed E-state index contributed by atoms with van der Waals surface area (Å²) < 4.78 is 53.9. The van der Waals surface area contributed by atoms with Gasteiger partial charge in [0.25, 0.3) is 0 Å². The van der Waals surface area contributed by atoms with E-state index in [9.17, 15) is 31.9 Å². The molecule has 1 aliphatic heterocycles. The predicted molar refractivity (Wildman–Crippen MR) is 133 cm³/mol. The van der Waals surface area contributed by atoms with E-state index >= 15 is 0 Å². The van der Waals surface area contributed by atoms with Crippen LogP contribution in [-0.2, 0) is 23.9 Å². The van der Waals surface area contributed by atoms with Crippen molar-refractivity contribution >= 4 is 24.0 Å². The highest BCUT2D eigenvalue weighted by Gasteiger charge is 2.43. The lowest BCUT2D eigenvalue weighted by Crippen LogP contribution is -2.29. The van der Waals surface area contributed by atoms with Gasteiger partial charge in [-0.15, -0.1) is 13.2 Å². The highest BCUT2D eigenvalue weighted by Crippen LogP contribution is 2.24. The standard InChI is InChI=1S/C12H12O2.C6H6F4O2.C4H6O2.C2H4O.C2H4/c1-10(12(13)14)6-5-9-11-7-3-2-4-8-11;1-3(2)4(11)12-5(7)6(8,9)10;1-3(2)4(5)6;1-2-3-1;1-2/h2-5,7-9H,1,6H2,(H,13,14);5H,1H2,2H3;1H2,2H3,(H,5,6);1-2H2;1-2H2. The number of hydrogen-bond acceptors (Lipinski definition) is 5. The molecule has 1 aliphatic rings. The number of alkyl halides is 4. The van der Waals surface area contributed by atoms with Crippen molar-refractivity contribution in [1.82, 2.24) is 0 Å². The van der Waals surface area contributed by atoms with Gasteiger partial charge < -0.3 is 19.7 Å². The van der Waals surface area contributed by atoms with Crippen LogP contribution in [0.1, 0.15) is 25.8 Å². The third-order valence-corrected chi connectivity index (χ3v) is 3.16. The molecule has 0 bridgehead atoms. The van der Waals surface area contributed by atoms with E-state index in [1.807, 2.05) is 36.4 Å². The second-order valence-electron chi connectivity index (χ2n) is 6.67. The molecule has 1 fully saturated rings. The maximum atomic E-state index is 11.9. The molecule has 2 rings (SSSR count). The summed E-state index contributed by atoms with van der Waals surface area (Å²) in [7, 11) is 0. The summed E-state index contributed by atoms with van der Waals surface area (Å²) in [5.41, 5.74) is 1.15. The average Bonchev–Trinajstić information content (AvgIpc) is 3.70. The van der Waals surface area contributed by atoms with E-state index < -0.39 is 30.4 Å². The number of carboxylic acids is 2. The fraction of sp³-hybridized carbons (Fsp3) is 0.269. The van der Waals surface area contributed by atoms with Gasteiger partial charge in [-0.1, -0.05) is 62.2 Å². The molecule has 1 unspecified atom stereocenters. The van der Waals surface area contributed by atoms with Gasteiger partial charge in [0.05, 0.1) is 13.2 Å². The second kappa shape index (κ2) is 21.3. The lowest BCUT2D eigenvalue weighted by Gasteiger charge is -2.12. The molecule has 0 aromatic heterocycles. The van der Waals surface area contributed by atoms with E-state index in [-0.39, 0.29) is 16.7 Å². The van der Waals surface area contributed by atoms with Crippen molar-refractivity contribution in [3.05, 3.63) is 91.6 Å². The van der Waals surface area contributed by atoms with Crippen molar-refractivity contribution in [2.75, 3.05) is 13.2 Å².